The molecule has 0 saturated carbocycles. The molecule has 1 amide bonds. The molecule has 3 heterocycles. The zero-order valence-corrected chi connectivity index (χ0v) is 20.7. The van der Waals surface area contributed by atoms with Gasteiger partial charge in [-0.3, -0.25) is 4.79 Å². The number of nitrogens with zero attached hydrogens (tertiary/aromatic N) is 6. The third-order valence-electron chi connectivity index (χ3n) is 5.62. The zero-order valence-electron chi connectivity index (χ0n) is 19.9. The Morgan fingerprint density at radius 1 is 1.18 bits per heavy atom. The van der Waals surface area contributed by atoms with Gasteiger partial charge in [0.25, 0.3) is 5.91 Å². The lowest BCUT2D eigenvalue weighted by Crippen LogP contribution is -2.36. The highest BCUT2D eigenvalue weighted by atomic mass is 32.1. The van der Waals surface area contributed by atoms with E-state index in [9.17, 15) is 4.79 Å². The second-order valence-electron chi connectivity index (χ2n) is 8.79. The fraction of sp³-hybridized carbons (Fsp3) is 0.308. The van der Waals surface area contributed by atoms with Crippen molar-refractivity contribution in [3.63, 3.8) is 0 Å². The monoisotopic (exact) mass is 472 g/mol. The van der Waals surface area contributed by atoms with Gasteiger partial charge in [-0.1, -0.05) is 18.2 Å². The number of hydrogen-bond donors (Lipinski definition) is 0. The third kappa shape index (κ3) is 5.01. The number of benzene rings is 1. The van der Waals surface area contributed by atoms with Gasteiger partial charge in [0, 0.05) is 25.7 Å². The number of carbonyl (C=O) groups is 1. The Bertz CT molecular complexity index is 1320. The van der Waals surface area contributed by atoms with Crippen molar-refractivity contribution in [2.24, 2.45) is 0 Å². The fourth-order valence-electron chi connectivity index (χ4n) is 3.77. The van der Waals surface area contributed by atoms with Crippen molar-refractivity contribution in [3.8, 4) is 16.6 Å². The van der Waals surface area contributed by atoms with Crippen LogP contribution >= 0.6 is 11.3 Å². The van der Waals surface area contributed by atoms with Gasteiger partial charge in [0.2, 0.25) is 0 Å². The predicted molar refractivity (Wildman–Crippen MR) is 136 cm³/mol. The topological polar surface area (TPSA) is 78.0 Å². The molecule has 1 aromatic carbocycles. The summed E-state index contributed by atoms with van der Waals surface area (Å²) in [4.78, 5) is 23.8. The van der Waals surface area contributed by atoms with E-state index in [4.69, 9.17) is 10.2 Å². The lowest BCUT2D eigenvalue weighted by molar-refractivity contribution is 0.0734. The third-order valence-corrected chi connectivity index (χ3v) is 6.51. The summed E-state index contributed by atoms with van der Waals surface area (Å²) in [5.74, 6) is -0.0558. The summed E-state index contributed by atoms with van der Waals surface area (Å²) in [6.07, 6.45) is 1.75. The van der Waals surface area contributed by atoms with Gasteiger partial charge in [-0.05, 0) is 63.2 Å². The van der Waals surface area contributed by atoms with Crippen molar-refractivity contribution in [2.45, 2.75) is 26.4 Å². The van der Waals surface area contributed by atoms with E-state index in [-0.39, 0.29) is 11.9 Å². The smallest absolute Gasteiger partial charge is 0.255 e. The van der Waals surface area contributed by atoms with Crippen molar-refractivity contribution >= 4 is 28.3 Å². The van der Waals surface area contributed by atoms with E-state index in [2.05, 4.69) is 29.9 Å². The number of thiophene rings is 1. The summed E-state index contributed by atoms with van der Waals surface area (Å²) in [6.45, 7) is 5.87. The number of amides is 1. The van der Waals surface area contributed by atoms with Gasteiger partial charge in [-0.2, -0.15) is 10.4 Å². The molecule has 4 rings (SSSR count). The van der Waals surface area contributed by atoms with Gasteiger partial charge in [0.15, 0.2) is 5.65 Å². The SMILES string of the molecule is CC(C)n1ncc2c(C(=O)N(CCN(C)C)Cc3ccc(C#N)cc3)cc(-c3cccs3)nc21. The highest BCUT2D eigenvalue weighted by Crippen LogP contribution is 2.30. The predicted octanol–water partition coefficient (Wildman–Crippen LogP) is 4.82. The van der Waals surface area contributed by atoms with Crippen LogP contribution in [0.2, 0.25) is 0 Å². The van der Waals surface area contributed by atoms with E-state index in [0.717, 1.165) is 33.7 Å². The van der Waals surface area contributed by atoms with Gasteiger partial charge in [0.1, 0.15) is 0 Å². The summed E-state index contributed by atoms with van der Waals surface area (Å²) in [5.41, 5.74) is 3.68. The molecule has 0 saturated heterocycles. The number of aromatic nitrogens is 3. The van der Waals surface area contributed by atoms with Crippen molar-refractivity contribution in [2.75, 3.05) is 27.2 Å². The number of rotatable bonds is 8. The van der Waals surface area contributed by atoms with Crippen LogP contribution in [0.4, 0.5) is 0 Å². The summed E-state index contributed by atoms with van der Waals surface area (Å²) < 4.78 is 1.87. The van der Waals surface area contributed by atoms with Crippen LogP contribution in [0, 0.1) is 11.3 Å². The molecule has 0 aliphatic heterocycles. The Labute approximate surface area is 203 Å². The first kappa shape index (κ1) is 23.6. The van der Waals surface area contributed by atoms with E-state index in [1.165, 1.54) is 0 Å². The molecule has 7 nitrogen and oxygen atoms in total. The Hall–Kier alpha value is -3.54. The summed E-state index contributed by atoms with van der Waals surface area (Å²) in [6, 6.07) is 15.6. The molecule has 4 aromatic rings. The van der Waals surface area contributed by atoms with Gasteiger partial charge >= 0.3 is 0 Å². The quantitative estimate of drug-likeness (QED) is 0.368. The summed E-state index contributed by atoms with van der Waals surface area (Å²) in [5, 5.41) is 16.4. The average Bonchev–Trinajstić information content (AvgIpc) is 3.51. The summed E-state index contributed by atoms with van der Waals surface area (Å²) in [7, 11) is 3.99. The molecule has 0 N–H and O–H groups in total. The lowest BCUT2D eigenvalue weighted by atomic mass is 10.1. The number of likely N-dealkylation sites (N-methyl/N-ethyl adjacent to an activating group) is 1. The zero-order chi connectivity index (χ0) is 24.2. The molecule has 0 fully saturated rings. The molecule has 3 aromatic heterocycles. The molecule has 0 spiro atoms. The molecular formula is C26H28N6OS. The Balaban J connectivity index is 1.78. The Morgan fingerprint density at radius 3 is 2.56 bits per heavy atom. The van der Waals surface area contributed by atoms with Crippen LogP contribution in [0.25, 0.3) is 21.6 Å². The van der Waals surface area contributed by atoms with Crippen LogP contribution in [0.5, 0.6) is 0 Å². The molecule has 174 valence electrons. The van der Waals surface area contributed by atoms with Crippen LogP contribution in [0.15, 0.2) is 54.0 Å². The number of carbonyl (C=O) groups excluding carboxylic acids is 1. The minimum absolute atomic E-state index is 0.0558. The largest absolute Gasteiger partial charge is 0.333 e. The normalized spacial score (nSPS) is 11.3. The maximum absolute atomic E-state index is 14.0. The standard InChI is InChI=1S/C26H28N6OS/c1-18(2)32-25-22(16-28-32)21(14-23(29-25)24-6-5-13-34-24)26(33)31(12-11-30(3)4)17-20-9-7-19(15-27)8-10-20/h5-10,13-14,16,18H,11-12,17H2,1-4H3. The van der Waals surface area contributed by atoms with Crippen molar-refractivity contribution in [3.05, 3.63) is 70.7 Å². The minimum atomic E-state index is -0.0558. The average molecular weight is 473 g/mol. The molecule has 0 aliphatic rings. The van der Waals surface area contributed by atoms with Crippen molar-refractivity contribution < 1.29 is 4.79 Å². The van der Waals surface area contributed by atoms with E-state index < -0.39 is 0 Å². The van der Waals surface area contributed by atoms with Gasteiger partial charge in [-0.25, -0.2) is 9.67 Å². The van der Waals surface area contributed by atoms with Crippen LogP contribution < -0.4 is 0 Å². The molecule has 0 aliphatic carbocycles. The summed E-state index contributed by atoms with van der Waals surface area (Å²) >= 11 is 1.60. The van der Waals surface area contributed by atoms with Crippen LogP contribution in [0.1, 0.15) is 41.4 Å². The van der Waals surface area contributed by atoms with E-state index in [0.29, 0.717) is 24.2 Å². The minimum Gasteiger partial charge on any atom is -0.333 e. The van der Waals surface area contributed by atoms with Crippen LogP contribution in [-0.2, 0) is 6.54 Å². The highest BCUT2D eigenvalue weighted by Gasteiger charge is 2.23. The molecule has 0 unspecified atom stereocenters. The van der Waals surface area contributed by atoms with E-state index in [1.54, 1.807) is 29.7 Å². The number of hydrogen-bond acceptors (Lipinski definition) is 6. The second kappa shape index (κ2) is 10.2. The molecule has 8 heteroatoms. The first-order valence-corrected chi connectivity index (χ1v) is 12.1. The Kier molecular flexibility index (Phi) is 7.06. The second-order valence-corrected chi connectivity index (χ2v) is 9.74. The first-order chi connectivity index (χ1) is 16.4. The first-order valence-electron chi connectivity index (χ1n) is 11.2. The molecule has 0 radical (unpaired) electrons. The van der Waals surface area contributed by atoms with Gasteiger partial charge in [0.05, 0.1) is 39.4 Å². The van der Waals surface area contributed by atoms with Gasteiger partial charge < -0.3 is 9.80 Å². The van der Waals surface area contributed by atoms with Crippen LogP contribution in [0.3, 0.4) is 0 Å². The Morgan fingerprint density at radius 2 is 1.94 bits per heavy atom. The maximum Gasteiger partial charge on any atom is 0.255 e. The lowest BCUT2D eigenvalue weighted by Gasteiger charge is -2.25. The molecule has 34 heavy (non-hydrogen) atoms. The van der Waals surface area contributed by atoms with Crippen LogP contribution in [-0.4, -0.2) is 57.7 Å². The van der Waals surface area contributed by atoms with E-state index >= 15 is 0 Å². The van der Waals surface area contributed by atoms with Crippen molar-refractivity contribution in [1.82, 2.24) is 24.6 Å². The number of fused-ring (bicyclic) bond motifs is 1. The molecule has 0 atom stereocenters. The molecule has 0 bridgehead atoms. The van der Waals surface area contributed by atoms with Crippen molar-refractivity contribution in [1.29, 1.82) is 5.26 Å². The molecular weight excluding hydrogens is 444 g/mol. The number of pyridine rings is 1. The fourth-order valence-corrected chi connectivity index (χ4v) is 4.46. The highest BCUT2D eigenvalue weighted by molar-refractivity contribution is 7.13. The van der Waals surface area contributed by atoms with E-state index in [1.807, 2.05) is 59.4 Å². The number of nitriles is 1. The maximum atomic E-state index is 14.0. The van der Waals surface area contributed by atoms with Gasteiger partial charge in [-0.15, -0.1) is 11.3 Å².